The fourth-order valence-electron chi connectivity index (χ4n) is 2.84. The summed E-state index contributed by atoms with van der Waals surface area (Å²) in [5.74, 6) is -0.405. The predicted molar refractivity (Wildman–Crippen MR) is 84.5 cm³/mol. The second-order valence-corrected chi connectivity index (χ2v) is 5.73. The van der Waals surface area contributed by atoms with Crippen LogP contribution >= 0.6 is 0 Å². The normalized spacial score (nSPS) is 12.3. The predicted octanol–water partition coefficient (Wildman–Crippen LogP) is 5.55. The van der Waals surface area contributed by atoms with Gasteiger partial charge in [-0.15, -0.1) is 0 Å². The Balaban J connectivity index is 2.89. The molecule has 1 unspecified atom stereocenters. The number of benzene rings is 1. The minimum Gasteiger partial charge on any atom is -0.478 e. The summed E-state index contributed by atoms with van der Waals surface area (Å²) in [6.07, 6.45) is 8.26. The van der Waals surface area contributed by atoms with E-state index in [-0.39, 0.29) is 0 Å². The molecule has 2 heteroatoms. The van der Waals surface area contributed by atoms with Gasteiger partial charge in [-0.25, -0.2) is 4.79 Å². The molecule has 0 aliphatic heterocycles. The number of aryl methyl sites for hydroxylation is 1. The van der Waals surface area contributed by atoms with E-state index in [4.69, 9.17) is 0 Å². The highest BCUT2D eigenvalue weighted by Gasteiger charge is 2.18. The van der Waals surface area contributed by atoms with E-state index in [0.717, 1.165) is 30.4 Å². The zero-order chi connectivity index (χ0) is 15.0. The summed E-state index contributed by atoms with van der Waals surface area (Å²) in [5.41, 5.74) is 2.68. The molecule has 112 valence electrons. The van der Waals surface area contributed by atoms with Gasteiger partial charge in [0.1, 0.15) is 0 Å². The highest BCUT2D eigenvalue weighted by atomic mass is 16.4. The zero-order valence-electron chi connectivity index (χ0n) is 13.1. The molecule has 0 saturated carbocycles. The van der Waals surface area contributed by atoms with Crippen LogP contribution in [0, 0.1) is 6.92 Å². The average molecular weight is 276 g/mol. The van der Waals surface area contributed by atoms with Gasteiger partial charge in [0.05, 0.1) is 5.56 Å². The lowest BCUT2D eigenvalue weighted by Crippen LogP contribution is -2.08. The molecule has 0 spiro atoms. The molecule has 0 radical (unpaired) electrons. The Bertz CT molecular complexity index is 423. The number of aromatic carboxylic acids is 1. The molecule has 0 heterocycles. The first-order valence-corrected chi connectivity index (χ1v) is 7.94. The van der Waals surface area contributed by atoms with Gasteiger partial charge in [0, 0.05) is 0 Å². The van der Waals surface area contributed by atoms with Gasteiger partial charge in [-0.05, 0) is 37.3 Å². The van der Waals surface area contributed by atoms with Gasteiger partial charge in [-0.2, -0.15) is 0 Å². The molecule has 20 heavy (non-hydrogen) atoms. The van der Waals surface area contributed by atoms with Crippen LogP contribution in [0.3, 0.4) is 0 Å². The van der Waals surface area contributed by atoms with Crippen molar-refractivity contribution < 1.29 is 9.90 Å². The molecule has 0 aliphatic carbocycles. The Morgan fingerprint density at radius 2 is 1.85 bits per heavy atom. The molecule has 1 atom stereocenters. The number of carbonyl (C=O) groups is 1. The average Bonchev–Trinajstić information content (AvgIpc) is 2.42. The summed E-state index contributed by atoms with van der Waals surface area (Å²) in [5, 5.41) is 9.38. The number of hydrogen-bond donors (Lipinski definition) is 1. The van der Waals surface area contributed by atoms with Crippen LogP contribution in [0.2, 0.25) is 0 Å². The topological polar surface area (TPSA) is 37.3 Å². The van der Waals surface area contributed by atoms with Crippen LogP contribution in [-0.4, -0.2) is 11.1 Å². The molecule has 0 amide bonds. The van der Waals surface area contributed by atoms with Crippen LogP contribution in [0.5, 0.6) is 0 Å². The van der Waals surface area contributed by atoms with Crippen molar-refractivity contribution in [3.8, 4) is 0 Å². The van der Waals surface area contributed by atoms with Crippen LogP contribution in [0.4, 0.5) is 0 Å². The lowest BCUT2D eigenvalue weighted by atomic mass is 9.85. The van der Waals surface area contributed by atoms with Crippen molar-refractivity contribution in [2.24, 2.45) is 0 Å². The second kappa shape index (κ2) is 8.78. The summed E-state index contributed by atoms with van der Waals surface area (Å²) in [7, 11) is 0. The van der Waals surface area contributed by atoms with Crippen LogP contribution in [0.15, 0.2) is 18.2 Å². The quantitative estimate of drug-likeness (QED) is 0.600. The van der Waals surface area contributed by atoms with Crippen LogP contribution < -0.4 is 0 Å². The number of unbranched alkanes of at least 4 members (excludes halogenated alkanes) is 3. The fraction of sp³-hybridized carbons (Fsp3) is 0.611. The standard InChI is InChI=1S/C18H28O2/c1-4-6-7-8-10-15(9-5-2)17-13-14(3)11-12-16(17)18(19)20/h11-13,15H,4-10H2,1-3H3,(H,19,20). The van der Waals surface area contributed by atoms with E-state index < -0.39 is 5.97 Å². The molecule has 1 rings (SSSR count). The molecule has 0 aliphatic rings. The lowest BCUT2D eigenvalue weighted by Gasteiger charge is -2.19. The maximum Gasteiger partial charge on any atom is 0.335 e. The minimum absolute atomic E-state index is 0.392. The minimum atomic E-state index is -0.797. The van der Waals surface area contributed by atoms with Crippen molar-refractivity contribution in [1.29, 1.82) is 0 Å². The Kier molecular flexibility index (Phi) is 7.35. The Labute approximate surface area is 123 Å². The van der Waals surface area contributed by atoms with Crippen molar-refractivity contribution in [1.82, 2.24) is 0 Å². The Hall–Kier alpha value is -1.31. The maximum absolute atomic E-state index is 11.4. The molecular weight excluding hydrogens is 248 g/mol. The first kappa shape index (κ1) is 16.7. The van der Waals surface area contributed by atoms with E-state index >= 15 is 0 Å². The molecule has 1 aromatic carbocycles. The Morgan fingerprint density at radius 1 is 1.10 bits per heavy atom. The summed E-state index contributed by atoms with van der Waals surface area (Å²) < 4.78 is 0. The van der Waals surface area contributed by atoms with E-state index in [9.17, 15) is 9.90 Å². The SMILES string of the molecule is CCCCCCC(CCC)c1cc(C)ccc1C(=O)O. The third kappa shape index (κ3) is 4.99. The van der Waals surface area contributed by atoms with Crippen LogP contribution in [0.25, 0.3) is 0 Å². The number of carboxylic acid groups (broad SMARTS) is 1. The lowest BCUT2D eigenvalue weighted by molar-refractivity contribution is 0.0695. The van der Waals surface area contributed by atoms with Gasteiger partial charge in [-0.1, -0.05) is 63.6 Å². The summed E-state index contributed by atoms with van der Waals surface area (Å²) in [4.78, 5) is 11.4. The zero-order valence-corrected chi connectivity index (χ0v) is 13.1. The van der Waals surface area contributed by atoms with Crippen molar-refractivity contribution in [2.45, 2.75) is 71.6 Å². The van der Waals surface area contributed by atoms with Gasteiger partial charge in [-0.3, -0.25) is 0 Å². The van der Waals surface area contributed by atoms with Gasteiger partial charge in [0.15, 0.2) is 0 Å². The van der Waals surface area contributed by atoms with Crippen molar-refractivity contribution >= 4 is 5.97 Å². The van der Waals surface area contributed by atoms with Crippen LogP contribution in [-0.2, 0) is 0 Å². The molecule has 0 aromatic heterocycles. The van der Waals surface area contributed by atoms with Crippen LogP contribution in [0.1, 0.15) is 86.2 Å². The molecular formula is C18H28O2. The molecule has 1 N–H and O–H groups in total. The first-order chi connectivity index (χ1) is 9.60. The number of hydrogen-bond acceptors (Lipinski definition) is 1. The van der Waals surface area contributed by atoms with Gasteiger partial charge >= 0.3 is 5.97 Å². The van der Waals surface area contributed by atoms with Crippen molar-refractivity contribution in [3.05, 3.63) is 34.9 Å². The Morgan fingerprint density at radius 3 is 2.45 bits per heavy atom. The monoisotopic (exact) mass is 276 g/mol. The molecule has 2 nitrogen and oxygen atoms in total. The highest BCUT2D eigenvalue weighted by Crippen LogP contribution is 2.30. The van der Waals surface area contributed by atoms with E-state index in [1.165, 1.54) is 25.7 Å². The van der Waals surface area contributed by atoms with Gasteiger partial charge < -0.3 is 5.11 Å². The summed E-state index contributed by atoms with van der Waals surface area (Å²) in [6, 6.07) is 5.73. The van der Waals surface area contributed by atoms with Crippen molar-refractivity contribution in [3.63, 3.8) is 0 Å². The first-order valence-electron chi connectivity index (χ1n) is 7.94. The van der Waals surface area contributed by atoms with E-state index in [1.54, 1.807) is 6.07 Å². The van der Waals surface area contributed by atoms with Crippen molar-refractivity contribution in [2.75, 3.05) is 0 Å². The largest absolute Gasteiger partial charge is 0.478 e. The third-order valence-electron chi connectivity index (χ3n) is 3.92. The fourth-order valence-corrected chi connectivity index (χ4v) is 2.84. The molecule has 1 aromatic rings. The van der Waals surface area contributed by atoms with E-state index in [1.807, 2.05) is 13.0 Å². The smallest absolute Gasteiger partial charge is 0.335 e. The highest BCUT2D eigenvalue weighted by molar-refractivity contribution is 5.89. The third-order valence-corrected chi connectivity index (χ3v) is 3.92. The summed E-state index contributed by atoms with van der Waals surface area (Å²) >= 11 is 0. The molecule has 0 saturated heterocycles. The van der Waals surface area contributed by atoms with E-state index in [2.05, 4.69) is 19.9 Å². The second-order valence-electron chi connectivity index (χ2n) is 5.73. The van der Waals surface area contributed by atoms with E-state index in [0.29, 0.717) is 11.5 Å². The number of rotatable bonds is 9. The molecule has 0 fully saturated rings. The summed E-state index contributed by atoms with van der Waals surface area (Å²) in [6.45, 7) is 6.43. The van der Waals surface area contributed by atoms with Gasteiger partial charge in [0.25, 0.3) is 0 Å². The maximum atomic E-state index is 11.4. The molecule has 0 bridgehead atoms. The van der Waals surface area contributed by atoms with Gasteiger partial charge in [0.2, 0.25) is 0 Å². The number of carboxylic acids is 1.